The summed E-state index contributed by atoms with van der Waals surface area (Å²) in [4.78, 5) is 0. The van der Waals surface area contributed by atoms with Crippen molar-refractivity contribution in [3.8, 4) is 11.5 Å². The highest BCUT2D eigenvalue weighted by Gasteiger charge is 2.41. The van der Waals surface area contributed by atoms with E-state index in [-0.39, 0.29) is 6.10 Å². The van der Waals surface area contributed by atoms with Gasteiger partial charge in [0.15, 0.2) is 11.5 Å². The quantitative estimate of drug-likeness (QED) is 0.870. The maximum atomic E-state index is 10.6. The van der Waals surface area contributed by atoms with E-state index in [1.165, 1.54) is 0 Å². The van der Waals surface area contributed by atoms with E-state index in [4.69, 9.17) is 14.2 Å². The standard InChI is InChI=1S/C13H18O4/c1-9-13(14,6-7-17-9)10-4-5-11(15-2)12(8-10)16-3/h4-5,8-9,14H,6-7H2,1-3H3. The SMILES string of the molecule is COc1ccc(C2(O)CCOC2C)cc1OC. The molecule has 4 heteroatoms. The number of methoxy groups -OCH3 is 2. The Labute approximate surface area is 101 Å². The highest BCUT2D eigenvalue weighted by Crippen LogP contribution is 2.39. The van der Waals surface area contributed by atoms with Crippen molar-refractivity contribution in [2.75, 3.05) is 20.8 Å². The summed E-state index contributed by atoms with van der Waals surface area (Å²) in [5.41, 5.74) is -0.125. The van der Waals surface area contributed by atoms with E-state index in [0.29, 0.717) is 24.5 Å². The molecule has 1 N–H and O–H groups in total. The van der Waals surface area contributed by atoms with E-state index in [9.17, 15) is 5.11 Å². The van der Waals surface area contributed by atoms with Gasteiger partial charge < -0.3 is 19.3 Å². The van der Waals surface area contributed by atoms with Crippen LogP contribution in [0.3, 0.4) is 0 Å². The van der Waals surface area contributed by atoms with Crippen molar-refractivity contribution in [2.45, 2.75) is 25.0 Å². The average Bonchev–Trinajstić information content (AvgIpc) is 2.70. The van der Waals surface area contributed by atoms with Crippen molar-refractivity contribution < 1.29 is 19.3 Å². The van der Waals surface area contributed by atoms with Crippen molar-refractivity contribution in [1.82, 2.24) is 0 Å². The molecule has 0 saturated carbocycles. The highest BCUT2D eigenvalue weighted by atomic mass is 16.5. The van der Waals surface area contributed by atoms with Gasteiger partial charge in [0.2, 0.25) is 0 Å². The van der Waals surface area contributed by atoms with E-state index in [0.717, 1.165) is 5.56 Å². The predicted molar refractivity (Wildman–Crippen MR) is 63.5 cm³/mol. The van der Waals surface area contributed by atoms with Crippen LogP contribution in [0.5, 0.6) is 11.5 Å². The van der Waals surface area contributed by atoms with Crippen LogP contribution in [-0.2, 0) is 10.3 Å². The van der Waals surface area contributed by atoms with Crippen LogP contribution >= 0.6 is 0 Å². The molecule has 0 radical (unpaired) electrons. The van der Waals surface area contributed by atoms with Gasteiger partial charge in [-0.2, -0.15) is 0 Å². The molecule has 4 nitrogen and oxygen atoms in total. The van der Waals surface area contributed by atoms with Crippen molar-refractivity contribution >= 4 is 0 Å². The van der Waals surface area contributed by atoms with Crippen molar-refractivity contribution in [1.29, 1.82) is 0 Å². The van der Waals surface area contributed by atoms with Crippen LogP contribution in [0.2, 0.25) is 0 Å². The minimum absolute atomic E-state index is 0.208. The summed E-state index contributed by atoms with van der Waals surface area (Å²) in [6.07, 6.45) is 0.393. The molecule has 17 heavy (non-hydrogen) atoms. The molecule has 1 aromatic rings. The minimum Gasteiger partial charge on any atom is -0.493 e. The summed E-state index contributed by atoms with van der Waals surface area (Å²) in [6, 6.07) is 5.47. The lowest BCUT2D eigenvalue weighted by molar-refractivity contribution is -0.0318. The molecule has 1 heterocycles. The second kappa shape index (κ2) is 4.55. The smallest absolute Gasteiger partial charge is 0.161 e. The second-order valence-corrected chi connectivity index (χ2v) is 4.26. The lowest BCUT2D eigenvalue weighted by atomic mass is 9.88. The van der Waals surface area contributed by atoms with Crippen LogP contribution in [0.4, 0.5) is 0 Å². The second-order valence-electron chi connectivity index (χ2n) is 4.26. The number of rotatable bonds is 3. The zero-order valence-corrected chi connectivity index (χ0v) is 10.4. The molecule has 1 aliphatic rings. The van der Waals surface area contributed by atoms with Gasteiger partial charge in [-0.3, -0.25) is 0 Å². The van der Waals surface area contributed by atoms with Crippen molar-refractivity contribution in [3.63, 3.8) is 0 Å². The van der Waals surface area contributed by atoms with Gasteiger partial charge in [0, 0.05) is 6.42 Å². The molecule has 0 aromatic heterocycles. The van der Waals surface area contributed by atoms with E-state index in [2.05, 4.69) is 0 Å². The summed E-state index contributed by atoms with van der Waals surface area (Å²) >= 11 is 0. The predicted octanol–water partition coefficient (Wildman–Crippen LogP) is 1.70. The summed E-state index contributed by atoms with van der Waals surface area (Å²) in [6.45, 7) is 2.45. The Morgan fingerprint density at radius 3 is 2.53 bits per heavy atom. The fraction of sp³-hybridized carbons (Fsp3) is 0.538. The first-order valence-corrected chi connectivity index (χ1v) is 5.68. The lowest BCUT2D eigenvalue weighted by Gasteiger charge is -2.27. The largest absolute Gasteiger partial charge is 0.493 e. The first kappa shape index (κ1) is 12.2. The molecule has 94 valence electrons. The first-order chi connectivity index (χ1) is 8.11. The Hall–Kier alpha value is -1.26. The summed E-state index contributed by atoms with van der Waals surface area (Å²) in [5.74, 6) is 1.28. The Bertz CT molecular complexity index is 404. The minimum atomic E-state index is -0.931. The third kappa shape index (κ3) is 1.98. The number of aliphatic hydroxyl groups is 1. The zero-order valence-electron chi connectivity index (χ0n) is 10.4. The van der Waals surface area contributed by atoms with E-state index < -0.39 is 5.60 Å². The third-order valence-electron chi connectivity index (χ3n) is 3.41. The monoisotopic (exact) mass is 238 g/mol. The van der Waals surface area contributed by atoms with Gasteiger partial charge in [-0.15, -0.1) is 0 Å². The Morgan fingerprint density at radius 2 is 2.00 bits per heavy atom. The van der Waals surface area contributed by atoms with Gasteiger partial charge in [0.25, 0.3) is 0 Å². The Balaban J connectivity index is 2.39. The average molecular weight is 238 g/mol. The molecule has 2 unspecified atom stereocenters. The van der Waals surface area contributed by atoms with Gasteiger partial charge >= 0.3 is 0 Å². The van der Waals surface area contributed by atoms with Gasteiger partial charge in [-0.1, -0.05) is 6.07 Å². The van der Waals surface area contributed by atoms with Crippen LogP contribution in [0.1, 0.15) is 18.9 Å². The van der Waals surface area contributed by atoms with E-state index in [1.54, 1.807) is 20.3 Å². The fourth-order valence-corrected chi connectivity index (χ4v) is 2.22. The summed E-state index contributed by atoms with van der Waals surface area (Å²) < 4.78 is 15.8. The molecule has 2 atom stereocenters. The fourth-order valence-electron chi connectivity index (χ4n) is 2.22. The highest BCUT2D eigenvalue weighted by molar-refractivity contribution is 5.45. The van der Waals surface area contributed by atoms with Crippen molar-refractivity contribution in [2.24, 2.45) is 0 Å². The molecule has 0 aliphatic carbocycles. The van der Waals surface area contributed by atoms with Gasteiger partial charge in [-0.05, 0) is 24.6 Å². The Morgan fingerprint density at radius 1 is 1.29 bits per heavy atom. The summed E-state index contributed by atoms with van der Waals surface area (Å²) in [5, 5.41) is 10.6. The number of ether oxygens (including phenoxy) is 3. The molecule has 0 spiro atoms. The van der Waals surface area contributed by atoms with Crippen LogP contribution in [0, 0.1) is 0 Å². The third-order valence-corrected chi connectivity index (χ3v) is 3.41. The van der Waals surface area contributed by atoms with Crippen LogP contribution in [0.15, 0.2) is 18.2 Å². The van der Waals surface area contributed by atoms with Gasteiger partial charge in [0.05, 0.1) is 26.9 Å². The van der Waals surface area contributed by atoms with Crippen LogP contribution in [-0.4, -0.2) is 32.0 Å². The number of benzene rings is 1. The zero-order chi connectivity index (χ0) is 12.5. The van der Waals surface area contributed by atoms with Gasteiger partial charge in [0.1, 0.15) is 5.60 Å². The molecule has 0 amide bonds. The molecular formula is C13H18O4. The topological polar surface area (TPSA) is 47.9 Å². The first-order valence-electron chi connectivity index (χ1n) is 5.68. The molecular weight excluding hydrogens is 220 g/mol. The molecule has 1 aromatic carbocycles. The molecule has 2 rings (SSSR count). The molecule has 1 aliphatic heterocycles. The molecule has 1 fully saturated rings. The normalized spacial score (nSPS) is 28.1. The Kier molecular flexibility index (Phi) is 3.26. The van der Waals surface area contributed by atoms with Crippen LogP contribution in [0.25, 0.3) is 0 Å². The molecule has 1 saturated heterocycles. The number of hydrogen-bond donors (Lipinski definition) is 1. The maximum absolute atomic E-state index is 10.6. The van der Waals surface area contributed by atoms with E-state index in [1.807, 2.05) is 19.1 Å². The van der Waals surface area contributed by atoms with Gasteiger partial charge in [-0.25, -0.2) is 0 Å². The lowest BCUT2D eigenvalue weighted by Crippen LogP contribution is -2.33. The summed E-state index contributed by atoms with van der Waals surface area (Å²) in [7, 11) is 3.17. The van der Waals surface area contributed by atoms with E-state index >= 15 is 0 Å². The number of hydrogen-bond acceptors (Lipinski definition) is 4. The van der Waals surface area contributed by atoms with Crippen molar-refractivity contribution in [3.05, 3.63) is 23.8 Å². The maximum Gasteiger partial charge on any atom is 0.161 e. The molecule has 0 bridgehead atoms. The van der Waals surface area contributed by atoms with Crippen LogP contribution < -0.4 is 9.47 Å².